The van der Waals surface area contributed by atoms with Gasteiger partial charge in [0, 0.05) is 28.7 Å². The van der Waals surface area contributed by atoms with Crippen LogP contribution in [0, 0.1) is 0 Å². The van der Waals surface area contributed by atoms with Crippen molar-refractivity contribution in [2.45, 2.75) is 12.8 Å². The van der Waals surface area contributed by atoms with Gasteiger partial charge in [0.2, 0.25) is 17.6 Å². The highest BCUT2D eigenvalue weighted by Crippen LogP contribution is 2.21. The van der Waals surface area contributed by atoms with Gasteiger partial charge in [-0.2, -0.15) is 4.98 Å². The molecule has 144 valence electrons. The molecule has 0 bridgehead atoms. The third-order valence-corrected chi connectivity index (χ3v) is 4.55. The van der Waals surface area contributed by atoms with Crippen LogP contribution in [0.3, 0.4) is 0 Å². The maximum absolute atomic E-state index is 12.5. The zero-order valence-corrected chi connectivity index (χ0v) is 16.1. The number of nitrogens with one attached hydrogen (secondary N) is 1. The van der Waals surface area contributed by atoms with Gasteiger partial charge < -0.3 is 9.84 Å². The third-order valence-electron chi connectivity index (χ3n) is 4.30. The molecule has 2 aromatic heterocycles. The molecule has 0 unspecified atom stereocenters. The van der Waals surface area contributed by atoms with E-state index in [1.54, 1.807) is 24.5 Å². The van der Waals surface area contributed by atoms with Gasteiger partial charge in [0.15, 0.2) is 0 Å². The number of halogens is 1. The van der Waals surface area contributed by atoms with Crippen molar-refractivity contribution in [3.63, 3.8) is 0 Å². The summed E-state index contributed by atoms with van der Waals surface area (Å²) in [5.41, 5.74) is 3.28. The van der Waals surface area contributed by atoms with E-state index in [1.165, 1.54) is 0 Å². The number of hydrogen-bond acceptors (Lipinski definition) is 5. The minimum absolute atomic E-state index is 0.110. The van der Waals surface area contributed by atoms with Gasteiger partial charge in [-0.25, -0.2) is 0 Å². The molecule has 0 spiro atoms. The molecule has 0 saturated heterocycles. The van der Waals surface area contributed by atoms with E-state index in [0.29, 0.717) is 28.8 Å². The smallest absolute Gasteiger partial charge is 0.231 e. The van der Waals surface area contributed by atoms with Crippen molar-refractivity contribution < 1.29 is 9.32 Å². The molecule has 0 atom stereocenters. The summed E-state index contributed by atoms with van der Waals surface area (Å²) in [6, 6.07) is 18.5. The Labute approximate surface area is 172 Å². The molecule has 0 saturated carbocycles. The maximum atomic E-state index is 12.5. The van der Waals surface area contributed by atoms with Crippen LogP contribution in [0.4, 0.5) is 5.69 Å². The predicted molar refractivity (Wildman–Crippen MR) is 111 cm³/mol. The van der Waals surface area contributed by atoms with E-state index in [1.807, 2.05) is 48.5 Å². The average molecular weight is 405 g/mol. The number of pyridine rings is 1. The predicted octanol–water partition coefficient (Wildman–Crippen LogP) is 4.56. The van der Waals surface area contributed by atoms with E-state index in [9.17, 15) is 4.79 Å². The van der Waals surface area contributed by atoms with Crippen molar-refractivity contribution in [1.29, 1.82) is 0 Å². The summed E-state index contributed by atoms with van der Waals surface area (Å²) in [6.45, 7) is 0. The van der Waals surface area contributed by atoms with Gasteiger partial charge in [-0.3, -0.25) is 9.78 Å². The first-order valence-corrected chi connectivity index (χ1v) is 9.40. The van der Waals surface area contributed by atoms with Crippen LogP contribution in [0.15, 0.2) is 77.6 Å². The molecular formula is C22H17ClN4O2. The van der Waals surface area contributed by atoms with E-state index in [0.717, 1.165) is 16.7 Å². The number of rotatable bonds is 6. The SMILES string of the molecule is O=C(Cc1ccc(Cl)cc1)Nc1ccccc1Cc1nc(-c2cccnc2)no1. The van der Waals surface area contributed by atoms with Crippen molar-refractivity contribution >= 4 is 23.2 Å². The zero-order chi connectivity index (χ0) is 20.1. The average Bonchev–Trinajstić information content (AvgIpc) is 3.20. The molecule has 0 aliphatic rings. The van der Waals surface area contributed by atoms with Crippen molar-refractivity contribution in [2.24, 2.45) is 0 Å². The molecule has 2 aromatic carbocycles. The summed E-state index contributed by atoms with van der Waals surface area (Å²) >= 11 is 5.89. The Hall–Kier alpha value is -3.51. The number of benzene rings is 2. The van der Waals surface area contributed by atoms with Crippen molar-refractivity contribution in [2.75, 3.05) is 5.32 Å². The fourth-order valence-electron chi connectivity index (χ4n) is 2.88. The first-order valence-electron chi connectivity index (χ1n) is 9.02. The lowest BCUT2D eigenvalue weighted by atomic mass is 10.1. The van der Waals surface area contributed by atoms with Crippen molar-refractivity contribution in [3.8, 4) is 11.4 Å². The van der Waals surface area contributed by atoms with Crippen LogP contribution in [0.25, 0.3) is 11.4 Å². The van der Waals surface area contributed by atoms with Crippen LogP contribution in [0.5, 0.6) is 0 Å². The lowest BCUT2D eigenvalue weighted by Crippen LogP contribution is -2.15. The van der Waals surface area contributed by atoms with Gasteiger partial charge in [0.05, 0.1) is 12.8 Å². The molecule has 0 aliphatic heterocycles. The summed E-state index contributed by atoms with van der Waals surface area (Å²) in [5, 5.41) is 7.62. The minimum atomic E-state index is -0.110. The number of anilines is 1. The lowest BCUT2D eigenvalue weighted by molar-refractivity contribution is -0.115. The Morgan fingerprint density at radius 3 is 2.66 bits per heavy atom. The van der Waals surface area contributed by atoms with Gasteiger partial charge in [0.25, 0.3) is 0 Å². The van der Waals surface area contributed by atoms with E-state index in [4.69, 9.17) is 16.1 Å². The van der Waals surface area contributed by atoms with E-state index in [2.05, 4.69) is 20.4 Å². The fourth-order valence-corrected chi connectivity index (χ4v) is 3.01. The summed E-state index contributed by atoms with van der Waals surface area (Å²) in [6.07, 6.45) is 4.04. The van der Waals surface area contributed by atoms with Gasteiger partial charge in [-0.1, -0.05) is 47.1 Å². The highest BCUT2D eigenvalue weighted by Gasteiger charge is 2.13. The third kappa shape index (κ3) is 4.86. The number of amides is 1. The zero-order valence-electron chi connectivity index (χ0n) is 15.4. The van der Waals surface area contributed by atoms with Crippen LogP contribution in [-0.4, -0.2) is 21.0 Å². The summed E-state index contributed by atoms with van der Waals surface area (Å²) in [5.74, 6) is 0.835. The Kier molecular flexibility index (Phi) is 5.63. The summed E-state index contributed by atoms with van der Waals surface area (Å²) in [4.78, 5) is 21.0. The summed E-state index contributed by atoms with van der Waals surface area (Å²) < 4.78 is 5.38. The molecule has 4 rings (SSSR count). The molecule has 4 aromatic rings. The van der Waals surface area contributed by atoms with E-state index >= 15 is 0 Å². The topological polar surface area (TPSA) is 80.9 Å². The molecule has 29 heavy (non-hydrogen) atoms. The second-order valence-electron chi connectivity index (χ2n) is 6.44. The molecule has 7 heteroatoms. The number of carbonyl (C=O) groups excluding carboxylic acids is 1. The first kappa shape index (κ1) is 18.8. The van der Waals surface area contributed by atoms with Crippen LogP contribution < -0.4 is 5.32 Å². The van der Waals surface area contributed by atoms with Crippen LogP contribution in [0.1, 0.15) is 17.0 Å². The van der Waals surface area contributed by atoms with E-state index < -0.39 is 0 Å². The number of hydrogen-bond donors (Lipinski definition) is 1. The van der Waals surface area contributed by atoms with Gasteiger partial charge in [-0.15, -0.1) is 0 Å². The Bertz CT molecular complexity index is 1110. The molecule has 1 N–H and O–H groups in total. The molecule has 0 aliphatic carbocycles. The van der Waals surface area contributed by atoms with Crippen LogP contribution >= 0.6 is 11.6 Å². The normalized spacial score (nSPS) is 10.7. The first-order chi connectivity index (χ1) is 14.2. The van der Waals surface area contributed by atoms with Gasteiger partial charge >= 0.3 is 0 Å². The largest absolute Gasteiger partial charge is 0.339 e. The Morgan fingerprint density at radius 1 is 1.03 bits per heavy atom. The minimum Gasteiger partial charge on any atom is -0.339 e. The molecule has 0 fully saturated rings. The fraction of sp³-hybridized carbons (Fsp3) is 0.0909. The summed E-state index contributed by atoms with van der Waals surface area (Å²) in [7, 11) is 0. The Balaban J connectivity index is 1.46. The molecular weight excluding hydrogens is 388 g/mol. The van der Waals surface area contributed by atoms with Crippen LogP contribution in [-0.2, 0) is 17.6 Å². The second-order valence-corrected chi connectivity index (χ2v) is 6.88. The number of aromatic nitrogens is 3. The second kappa shape index (κ2) is 8.67. The number of carbonyl (C=O) groups is 1. The highest BCUT2D eigenvalue weighted by atomic mass is 35.5. The highest BCUT2D eigenvalue weighted by molar-refractivity contribution is 6.30. The standard InChI is InChI=1S/C22H17ClN4O2/c23-18-9-7-15(8-10-18)12-20(28)25-19-6-2-1-4-16(19)13-21-26-22(27-29-21)17-5-3-11-24-14-17/h1-11,14H,12-13H2,(H,25,28). The lowest BCUT2D eigenvalue weighted by Gasteiger charge is -2.10. The van der Waals surface area contributed by atoms with Gasteiger partial charge in [-0.05, 0) is 41.5 Å². The number of nitrogens with zero attached hydrogens (tertiary/aromatic N) is 3. The molecule has 1 amide bonds. The molecule has 0 radical (unpaired) electrons. The molecule has 2 heterocycles. The quantitative estimate of drug-likeness (QED) is 0.509. The van der Waals surface area contributed by atoms with Crippen molar-refractivity contribution in [3.05, 3.63) is 95.1 Å². The number of para-hydroxylation sites is 1. The monoisotopic (exact) mass is 404 g/mol. The maximum Gasteiger partial charge on any atom is 0.231 e. The van der Waals surface area contributed by atoms with E-state index in [-0.39, 0.29) is 12.3 Å². The van der Waals surface area contributed by atoms with Crippen molar-refractivity contribution in [1.82, 2.24) is 15.1 Å². The Morgan fingerprint density at radius 2 is 1.86 bits per heavy atom. The molecule has 6 nitrogen and oxygen atoms in total. The van der Waals surface area contributed by atoms with Gasteiger partial charge in [0.1, 0.15) is 0 Å². The van der Waals surface area contributed by atoms with Crippen LogP contribution in [0.2, 0.25) is 5.02 Å².